The van der Waals surface area contributed by atoms with Crippen LogP contribution in [0.3, 0.4) is 0 Å². The van der Waals surface area contributed by atoms with Gasteiger partial charge in [-0.1, -0.05) is 12.1 Å². The maximum atomic E-state index is 12.3. The zero-order valence-corrected chi connectivity index (χ0v) is 16.5. The maximum Gasteiger partial charge on any atom is 0.271 e. The molecule has 7 nitrogen and oxygen atoms in total. The van der Waals surface area contributed by atoms with Crippen LogP contribution in [0.5, 0.6) is 11.5 Å². The number of nitrogens with one attached hydrogen (secondary N) is 2. The average molecular weight is 392 g/mol. The lowest BCUT2D eigenvalue weighted by molar-refractivity contribution is 0.0948. The number of hydrogen-bond acceptors (Lipinski definition) is 6. The minimum Gasteiger partial charge on any atom is -0.497 e. The van der Waals surface area contributed by atoms with Crippen LogP contribution in [0.25, 0.3) is 0 Å². The van der Waals surface area contributed by atoms with Gasteiger partial charge in [0.25, 0.3) is 5.91 Å². The predicted molar refractivity (Wildman–Crippen MR) is 112 cm³/mol. The molecule has 150 valence electrons. The summed E-state index contributed by atoms with van der Waals surface area (Å²) in [4.78, 5) is 12.3. The number of carbonyl (C=O) groups is 1. The highest BCUT2D eigenvalue weighted by Crippen LogP contribution is 2.18. The second-order valence-electron chi connectivity index (χ2n) is 6.24. The highest BCUT2D eigenvalue weighted by atomic mass is 16.5. The first kappa shape index (κ1) is 20.1. The third kappa shape index (κ3) is 5.93. The first-order valence-electron chi connectivity index (χ1n) is 9.42. The number of carbonyl (C=O) groups excluding carboxylic acids is 1. The van der Waals surface area contributed by atoms with Crippen LogP contribution < -0.4 is 20.1 Å². The molecule has 0 saturated carbocycles. The minimum absolute atomic E-state index is 0.256. The lowest BCUT2D eigenvalue weighted by Crippen LogP contribution is -2.26. The Balaban J connectivity index is 1.50. The Bertz CT molecular complexity index is 928. The molecule has 29 heavy (non-hydrogen) atoms. The molecule has 1 amide bonds. The molecule has 0 bridgehead atoms. The molecule has 0 aliphatic carbocycles. The number of rotatable bonds is 9. The SMILES string of the molecule is CCOc1ccc(Nc2ccc(C(=O)NCCc3cccc(OC)c3)nn2)cc1. The van der Waals surface area contributed by atoms with Gasteiger partial charge in [0.2, 0.25) is 0 Å². The number of ether oxygens (including phenoxy) is 2. The summed E-state index contributed by atoms with van der Waals surface area (Å²) in [5.41, 5.74) is 2.22. The third-order valence-corrected chi connectivity index (χ3v) is 4.17. The Kier molecular flexibility index (Phi) is 7.00. The van der Waals surface area contributed by atoms with Gasteiger partial charge < -0.3 is 20.1 Å². The van der Waals surface area contributed by atoms with Crippen LogP contribution in [0, 0.1) is 0 Å². The number of benzene rings is 2. The first-order chi connectivity index (χ1) is 14.2. The molecule has 3 aromatic rings. The smallest absolute Gasteiger partial charge is 0.271 e. The Morgan fingerprint density at radius 3 is 2.52 bits per heavy atom. The van der Waals surface area contributed by atoms with Crippen molar-refractivity contribution >= 4 is 17.4 Å². The summed E-state index contributed by atoms with van der Waals surface area (Å²) in [6, 6.07) is 18.7. The molecule has 2 N–H and O–H groups in total. The van der Waals surface area contributed by atoms with Gasteiger partial charge in [-0.2, -0.15) is 0 Å². The van der Waals surface area contributed by atoms with E-state index >= 15 is 0 Å². The highest BCUT2D eigenvalue weighted by molar-refractivity contribution is 5.92. The summed E-state index contributed by atoms with van der Waals surface area (Å²) in [5, 5.41) is 14.1. The van der Waals surface area contributed by atoms with Crippen LogP contribution in [-0.4, -0.2) is 36.4 Å². The number of aromatic nitrogens is 2. The maximum absolute atomic E-state index is 12.3. The van der Waals surface area contributed by atoms with Gasteiger partial charge in [-0.15, -0.1) is 10.2 Å². The second kappa shape index (κ2) is 10.1. The molecule has 0 atom stereocenters. The molecule has 0 fully saturated rings. The van der Waals surface area contributed by atoms with Gasteiger partial charge in [0.15, 0.2) is 11.5 Å². The predicted octanol–water partition coefficient (Wildman–Crippen LogP) is 3.60. The van der Waals surface area contributed by atoms with E-state index in [1.807, 2.05) is 55.5 Å². The van der Waals surface area contributed by atoms with E-state index in [-0.39, 0.29) is 11.6 Å². The lowest BCUT2D eigenvalue weighted by Gasteiger charge is -2.08. The fraction of sp³-hybridized carbons (Fsp3) is 0.227. The van der Waals surface area contributed by atoms with Gasteiger partial charge in [-0.25, -0.2) is 0 Å². The summed E-state index contributed by atoms with van der Waals surface area (Å²) in [6.45, 7) is 3.07. The normalized spacial score (nSPS) is 10.3. The average Bonchev–Trinajstić information content (AvgIpc) is 2.76. The minimum atomic E-state index is -0.256. The van der Waals surface area contributed by atoms with Crippen molar-refractivity contribution in [3.8, 4) is 11.5 Å². The molecule has 0 spiro atoms. The molecule has 0 saturated heterocycles. The molecular formula is C22H24N4O3. The van der Waals surface area contributed by atoms with Crippen molar-refractivity contribution in [1.82, 2.24) is 15.5 Å². The van der Waals surface area contributed by atoms with Crippen LogP contribution in [0.15, 0.2) is 60.7 Å². The molecule has 1 aromatic heterocycles. The number of amides is 1. The fourth-order valence-corrected chi connectivity index (χ4v) is 2.71. The van der Waals surface area contributed by atoms with Crippen LogP contribution in [0.2, 0.25) is 0 Å². The van der Waals surface area contributed by atoms with Crippen molar-refractivity contribution in [1.29, 1.82) is 0 Å². The Hall–Kier alpha value is -3.61. The molecule has 0 aliphatic heterocycles. The summed E-state index contributed by atoms with van der Waals surface area (Å²) in [5.74, 6) is 1.91. The first-order valence-corrected chi connectivity index (χ1v) is 9.42. The zero-order chi connectivity index (χ0) is 20.5. The van der Waals surface area contributed by atoms with Crippen molar-refractivity contribution in [3.63, 3.8) is 0 Å². The Morgan fingerprint density at radius 1 is 1.00 bits per heavy atom. The van der Waals surface area contributed by atoms with Gasteiger partial charge in [0.05, 0.1) is 13.7 Å². The van der Waals surface area contributed by atoms with Crippen LogP contribution in [-0.2, 0) is 6.42 Å². The van der Waals surface area contributed by atoms with E-state index in [9.17, 15) is 4.79 Å². The summed E-state index contributed by atoms with van der Waals surface area (Å²) < 4.78 is 10.6. The number of anilines is 2. The van der Waals surface area contributed by atoms with Crippen molar-refractivity contribution in [2.24, 2.45) is 0 Å². The molecular weight excluding hydrogens is 368 g/mol. The van der Waals surface area contributed by atoms with Crippen molar-refractivity contribution < 1.29 is 14.3 Å². The molecule has 2 aromatic carbocycles. The molecule has 0 aliphatic rings. The monoisotopic (exact) mass is 392 g/mol. The number of nitrogens with zero attached hydrogens (tertiary/aromatic N) is 2. The number of methoxy groups -OCH3 is 1. The quantitative estimate of drug-likeness (QED) is 0.579. The van der Waals surface area contributed by atoms with Crippen molar-refractivity contribution in [2.45, 2.75) is 13.3 Å². The topological polar surface area (TPSA) is 85.4 Å². The van der Waals surface area contributed by atoms with Gasteiger partial charge >= 0.3 is 0 Å². The van der Waals surface area contributed by atoms with Gasteiger partial charge in [-0.3, -0.25) is 4.79 Å². The molecule has 0 radical (unpaired) electrons. The summed E-state index contributed by atoms with van der Waals surface area (Å²) >= 11 is 0. The van der Waals surface area contributed by atoms with Crippen molar-refractivity contribution in [2.75, 3.05) is 25.6 Å². The largest absolute Gasteiger partial charge is 0.497 e. The van der Waals surface area contributed by atoms with E-state index in [1.165, 1.54) is 0 Å². The van der Waals surface area contributed by atoms with E-state index in [1.54, 1.807) is 19.2 Å². The van der Waals surface area contributed by atoms with Crippen LogP contribution in [0.4, 0.5) is 11.5 Å². The molecule has 7 heteroatoms. The fourth-order valence-electron chi connectivity index (χ4n) is 2.71. The van der Waals surface area contributed by atoms with E-state index in [0.29, 0.717) is 25.4 Å². The van der Waals surface area contributed by atoms with Gasteiger partial charge in [0, 0.05) is 12.2 Å². The molecule has 3 rings (SSSR count). The van der Waals surface area contributed by atoms with Crippen molar-refractivity contribution in [3.05, 3.63) is 71.9 Å². The third-order valence-electron chi connectivity index (χ3n) is 4.17. The standard InChI is InChI=1S/C22H24N4O3/c1-3-29-18-9-7-17(8-10-18)24-21-12-11-20(25-26-21)22(27)23-14-13-16-5-4-6-19(15-16)28-2/h4-12,15H,3,13-14H2,1-2H3,(H,23,27)(H,24,26). The lowest BCUT2D eigenvalue weighted by atomic mass is 10.1. The van der Waals surface area contributed by atoms with Gasteiger partial charge in [-0.05, 0) is 67.4 Å². The number of hydrogen-bond donors (Lipinski definition) is 2. The molecule has 0 unspecified atom stereocenters. The van der Waals surface area contributed by atoms with E-state index < -0.39 is 0 Å². The second-order valence-corrected chi connectivity index (χ2v) is 6.24. The highest BCUT2D eigenvalue weighted by Gasteiger charge is 2.08. The molecule has 1 heterocycles. The summed E-state index contributed by atoms with van der Waals surface area (Å²) in [7, 11) is 1.63. The summed E-state index contributed by atoms with van der Waals surface area (Å²) in [6.07, 6.45) is 0.702. The van der Waals surface area contributed by atoms with Crippen LogP contribution in [0.1, 0.15) is 23.0 Å². The van der Waals surface area contributed by atoms with E-state index in [2.05, 4.69) is 20.8 Å². The van der Waals surface area contributed by atoms with E-state index in [4.69, 9.17) is 9.47 Å². The van der Waals surface area contributed by atoms with E-state index in [0.717, 1.165) is 22.7 Å². The van der Waals surface area contributed by atoms with Crippen LogP contribution >= 0.6 is 0 Å². The Labute approximate surface area is 170 Å². The van der Waals surface area contributed by atoms with Gasteiger partial charge in [0.1, 0.15) is 11.5 Å². The Morgan fingerprint density at radius 2 is 1.83 bits per heavy atom. The zero-order valence-electron chi connectivity index (χ0n) is 16.5.